The van der Waals surface area contributed by atoms with E-state index < -0.39 is 29.9 Å². The highest BCUT2D eigenvalue weighted by atomic mass is 32.2. The smallest absolute Gasteiger partial charge is 0.308 e. The lowest BCUT2D eigenvalue weighted by Crippen LogP contribution is -2.40. The average Bonchev–Trinajstić information content (AvgIpc) is 2.87. The summed E-state index contributed by atoms with van der Waals surface area (Å²) < 4.78 is 23.3. The van der Waals surface area contributed by atoms with Crippen LogP contribution in [0.5, 0.6) is 17.2 Å². The number of hydrogen-bond acceptors (Lipinski definition) is 9. The molecule has 2 aliphatic rings. The van der Waals surface area contributed by atoms with Gasteiger partial charge in [0.2, 0.25) is 11.9 Å². The van der Waals surface area contributed by atoms with Gasteiger partial charge >= 0.3 is 11.9 Å². The molecule has 0 aromatic heterocycles. The van der Waals surface area contributed by atoms with E-state index in [1.54, 1.807) is 18.2 Å². The molecule has 1 fully saturated rings. The van der Waals surface area contributed by atoms with Crippen molar-refractivity contribution in [3.63, 3.8) is 0 Å². The number of benzene rings is 2. The largest absolute Gasteiger partial charge is 0.493 e. The van der Waals surface area contributed by atoms with Gasteiger partial charge in [0.25, 0.3) is 0 Å². The van der Waals surface area contributed by atoms with Crippen molar-refractivity contribution in [1.82, 2.24) is 0 Å². The summed E-state index contributed by atoms with van der Waals surface area (Å²) in [5.41, 5.74) is 0.739. The summed E-state index contributed by atoms with van der Waals surface area (Å²) >= 11 is 4.14. The van der Waals surface area contributed by atoms with Crippen molar-refractivity contribution >= 4 is 41.2 Å². The van der Waals surface area contributed by atoms with Crippen molar-refractivity contribution < 1.29 is 33.3 Å². The van der Waals surface area contributed by atoms with Gasteiger partial charge in [0.15, 0.2) is 6.10 Å². The number of ketones is 1. The highest BCUT2D eigenvalue weighted by Crippen LogP contribution is 2.46. The van der Waals surface area contributed by atoms with Crippen molar-refractivity contribution in [3.05, 3.63) is 53.6 Å². The predicted octanol–water partition coefficient (Wildman–Crippen LogP) is 6.77. The number of hydrogen-bond donors (Lipinski definition) is 0. The van der Waals surface area contributed by atoms with Gasteiger partial charge in [-0.2, -0.15) is 0 Å². The second-order valence-corrected chi connectivity index (χ2v) is 14.1. The molecule has 0 amide bonds. The van der Waals surface area contributed by atoms with Gasteiger partial charge < -0.3 is 18.9 Å². The highest BCUT2D eigenvalue weighted by molar-refractivity contribution is 8.19. The van der Waals surface area contributed by atoms with Crippen LogP contribution in [0.2, 0.25) is 0 Å². The Labute approximate surface area is 238 Å². The minimum atomic E-state index is -1.22. The van der Waals surface area contributed by atoms with Crippen LogP contribution in [0, 0.1) is 0 Å². The summed E-state index contributed by atoms with van der Waals surface area (Å²) in [4.78, 5) is 37.3. The van der Waals surface area contributed by atoms with E-state index in [4.69, 9.17) is 18.9 Å². The quantitative estimate of drug-likeness (QED) is 0.174. The van der Waals surface area contributed by atoms with Crippen molar-refractivity contribution in [3.8, 4) is 17.2 Å². The van der Waals surface area contributed by atoms with Crippen LogP contribution in [0.25, 0.3) is 0 Å². The Morgan fingerprint density at radius 1 is 1.05 bits per heavy atom. The molecule has 210 valence electrons. The molecule has 0 bridgehead atoms. The van der Waals surface area contributed by atoms with Crippen LogP contribution in [0.1, 0.15) is 81.8 Å². The molecule has 0 radical (unpaired) electrons. The van der Waals surface area contributed by atoms with Crippen LogP contribution < -0.4 is 14.2 Å². The summed E-state index contributed by atoms with van der Waals surface area (Å²) in [6, 6.07) is 12.3. The zero-order valence-corrected chi connectivity index (χ0v) is 24.5. The third-order valence-electron chi connectivity index (χ3n) is 6.53. The molecule has 0 N–H and O–H groups in total. The molecule has 2 aliphatic heterocycles. The standard InChI is InChI=1S/C30H36O7S2/c1-19(31)35-24-17-22(34-15-10-6-9-13-23-14-16-38-30(3,4)39-23)18-25-26(24)27(33)29(36-20(2)32)28(37-25)21-11-7-5-8-12-21/h5,7-8,11-12,17-18,23,28-29H,6,9-10,13-16H2,1-4H3. The normalized spacial score (nSPS) is 21.8. The Morgan fingerprint density at radius 2 is 1.82 bits per heavy atom. The lowest BCUT2D eigenvalue weighted by Gasteiger charge is -2.34. The van der Waals surface area contributed by atoms with Gasteiger partial charge in [0.1, 0.15) is 22.8 Å². The fourth-order valence-corrected chi connectivity index (χ4v) is 8.15. The Hall–Kier alpha value is -2.65. The molecule has 0 spiro atoms. The number of unbranched alkanes of at least 4 members (excludes halogenated alkanes) is 2. The number of ether oxygens (including phenoxy) is 4. The fourth-order valence-electron chi connectivity index (χ4n) is 4.85. The van der Waals surface area contributed by atoms with Crippen LogP contribution in [0.3, 0.4) is 0 Å². The first-order valence-electron chi connectivity index (χ1n) is 13.4. The van der Waals surface area contributed by atoms with E-state index in [9.17, 15) is 14.4 Å². The van der Waals surface area contributed by atoms with Gasteiger partial charge in [-0.3, -0.25) is 14.4 Å². The molecule has 2 aromatic carbocycles. The number of rotatable bonds is 10. The van der Waals surface area contributed by atoms with Gasteiger partial charge in [0, 0.05) is 31.2 Å². The van der Waals surface area contributed by atoms with Gasteiger partial charge in [-0.15, -0.1) is 23.5 Å². The topological polar surface area (TPSA) is 88.1 Å². The average molecular weight is 573 g/mol. The SMILES string of the molecule is CC(=O)Oc1cc(OCCCCCC2CCSC(C)(C)S2)cc2c1C(=O)C(OC(C)=O)C(c1ccccc1)O2. The molecule has 2 aromatic rings. The Balaban J connectivity index is 1.45. The number of carbonyl (C=O) groups is 3. The van der Waals surface area contributed by atoms with Crippen molar-refractivity contribution in [2.24, 2.45) is 0 Å². The van der Waals surface area contributed by atoms with Crippen LogP contribution in [-0.4, -0.2) is 45.5 Å². The van der Waals surface area contributed by atoms with Crippen molar-refractivity contribution in [1.29, 1.82) is 0 Å². The van der Waals surface area contributed by atoms with Crippen molar-refractivity contribution in [2.75, 3.05) is 12.4 Å². The lowest BCUT2D eigenvalue weighted by atomic mass is 9.92. The Kier molecular flexibility index (Phi) is 9.88. The number of esters is 2. The first kappa shape index (κ1) is 29.3. The first-order valence-corrected chi connectivity index (χ1v) is 15.2. The molecule has 7 nitrogen and oxygen atoms in total. The second kappa shape index (κ2) is 13.1. The van der Waals surface area contributed by atoms with E-state index in [-0.39, 0.29) is 17.1 Å². The summed E-state index contributed by atoms with van der Waals surface area (Å²) in [6.45, 7) is 7.60. The molecule has 1 saturated heterocycles. The van der Waals surface area contributed by atoms with Crippen molar-refractivity contribution in [2.45, 2.75) is 81.3 Å². The molecule has 3 unspecified atom stereocenters. The molecule has 3 atom stereocenters. The molecule has 0 saturated carbocycles. The number of thioether (sulfide) groups is 2. The summed E-state index contributed by atoms with van der Waals surface area (Å²) in [5, 5.41) is 0.720. The number of fused-ring (bicyclic) bond motifs is 1. The summed E-state index contributed by atoms with van der Waals surface area (Å²) in [7, 11) is 0. The van der Waals surface area contributed by atoms with E-state index in [2.05, 4.69) is 25.6 Å². The van der Waals surface area contributed by atoms with E-state index in [1.807, 2.05) is 30.0 Å². The minimum absolute atomic E-state index is 0.0264. The molecule has 2 heterocycles. The third-order valence-corrected chi connectivity index (χ3v) is 9.68. The van der Waals surface area contributed by atoms with E-state index in [0.717, 1.165) is 24.5 Å². The predicted molar refractivity (Wildman–Crippen MR) is 154 cm³/mol. The number of carbonyl (C=O) groups excluding carboxylic acids is 3. The van der Waals surface area contributed by atoms with Crippen LogP contribution >= 0.6 is 23.5 Å². The number of Topliss-reactive ketones (excluding diaryl/α,β-unsaturated/α-hetero) is 1. The molecular weight excluding hydrogens is 536 g/mol. The van der Waals surface area contributed by atoms with Crippen LogP contribution in [0.4, 0.5) is 0 Å². The minimum Gasteiger partial charge on any atom is -0.493 e. The van der Waals surface area contributed by atoms with Gasteiger partial charge in [-0.1, -0.05) is 43.2 Å². The first-order chi connectivity index (χ1) is 18.6. The van der Waals surface area contributed by atoms with Gasteiger partial charge in [-0.05, 0) is 44.4 Å². The van der Waals surface area contributed by atoms with E-state index in [1.165, 1.54) is 38.5 Å². The maximum Gasteiger partial charge on any atom is 0.308 e. The lowest BCUT2D eigenvalue weighted by molar-refractivity contribution is -0.149. The molecule has 39 heavy (non-hydrogen) atoms. The third kappa shape index (κ3) is 7.94. The molecule has 9 heteroatoms. The monoisotopic (exact) mass is 572 g/mol. The fraction of sp³-hybridized carbons (Fsp3) is 0.500. The molecular formula is C30H36O7S2. The van der Waals surface area contributed by atoms with Crippen LogP contribution in [0.15, 0.2) is 42.5 Å². The Morgan fingerprint density at radius 3 is 2.51 bits per heavy atom. The van der Waals surface area contributed by atoms with Gasteiger partial charge in [0.05, 0.1) is 10.7 Å². The zero-order valence-electron chi connectivity index (χ0n) is 22.9. The van der Waals surface area contributed by atoms with E-state index >= 15 is 0 Å². The van der Waals surface area contributed by atoms with Gasteiger partial charge in [-0.25, -0.2) is 0 Å². The Bertz CT molecular complexity index is 1180. The molecule has 4 rings (SSSR count). The van der Waals surface area contributed by atoms with Crippen LogP contribution in [-0.2, 0) is 14.3 Å². The summed E-state index contributed by atoms with van der Waals surface area (Å²) in [5.74, 6) is 0.230. The maximum atomic E-state index is 13.6. The molecule has 0 aliphatic carbocycles. The zero-order chi connectivity index (χ0) is 28.0. The summed E-state index contributed by atoms with van der Waals surface area (Å²) in [6.07, 6.45) is 3.51. The maximum absolute atomic E-state index is 13.6. The highest BCUT2D eigenvalue weighted by Gasteiger charge is 2.43. The van der Waals surface area contributed by atoms with E-state index in [0.29, 0.717) is 22.0 Å². The second-order valence-electron chi connectivity index (χ2n) is 10.2.